The molecule has 0 aromatic heterocycles. The lowest BCUT2D eigenvalue weighted by Crippen LogP contribution is -2.33. The van der Waals surface area contributed by atoms with E-state index in [2.05, 4.69) is 27.9 Å². The van der Waals surface area contributed by atoms with Crippen LogP contribution in [0.5, 0.6) is 5.75 Å². The third-order valence-electron chi connectivity index (χ3n) is 4.74. The molecule has 2 aromatic carbocycles. The molecular formula is C24H27IN2O5. The third kappa shape index (κ3) is 6.21. The van der Waals surface area contributed by atoms with Crippen molar-refractivity contribution in [1.29, 1.82) is 0 Å². The number of halogens is 1. The van der Waals surface area contributed by atoms with Gasteiger partial charge in [-0.2, -0.15) is 0 Å². The van der Waals surface area contributed by atoms with E-state index in [0.717, 1.165) is 14.9 Å². The Morgan fingerprint density at radius 1 is 1.06 bits per heavy atom. The lowest BCUT2D eigenvalue weighted by molar-refractivity contribution is 0.0527. The van der Waals surface area contributed by atoms with E-state index in [1.165, 1.54) is 4.90 Å². The zero-order valence-corrected chi connectivity index (χ0v) is 20.6. The molecule has 1 aliphatic rings. The second-order valence-electron chi connectivity index (χ2n) is 8.45. The smallest absolute Gasteiger partial charge is 0.407 e. The number of ether oxygens (including phenoxy) is 2. The Kier molecular flexibility index (Phi) is 7.76. The van der Waals surface area contributed by atoms with Gasteiger partial charge in [0.25, 0.3) is 11.8 Å². The van der Waals surface area contributed by atoms with Gasteiger partial charge in [0.15, 0.2) is 0 Å². The molecule has 7 nitrogen and oxygen atoms in total. The third-order valence-corrected chi connectivity index (χ3v) is 5.58. The molecule has 1 aliphatic heterocycles. The summed E-state index contributed by atoms with van der Waals surface area (Å²) in [6.07, 6.45) is 0.795. The Balaban J connectivity index is 1.42. The highest BCUT2D eigenvalue weighted by Gasteiger charge is 2.34. The second kappa shape index (κ2) is 10.3. The average Bonchev–Trinajstić information content (AvgIpc) is 2.96. The van der Waals surface area contributed by atoms with Gasteiger partial charge in [0, 0.05) is 13.1 Å². The molecule has 3 rings (SSSR count). The van der Waals surface area contributed by atoms with E-state index in [1.807, 2.05) is 39.0 Å². The summed E-state index contributed by atoms with van der Waals surface area (Å²) < 4.78 is 12.0. The first-order valence-electron chi connectivity index (χ1n) is 10.5. The van der Waals surface area contributed by atoms with Crippen molar-refractivity contribution in [2.24, 2.45) is 0 Å². The predicted molar refractivity (Wildman–Crippen MR) is 129 cm³/mol. The summed E-state index contributed by atoms with van der Waals surface area (Å²) in [6.45, 7) is 6.67. The molecule has 0 bridgehead atoms. The van der Waals surface area contributed by atoms with Crippen LogP contribution in [0.15, 0.2) is 42.5 Å². The number of fused-ring (bicyclic) bond motifs is 1. The van der Waals surface area contributed by atoms with E-state index in [4.69, 9.17) is 9.47 Å². The maximum atomic E-state index is 12.4. The number of carbonyl (C=O) groups is 3. The van der Waals surface area contributed by atoms with Gasteiger partial charge in [0.2, 0.25) is 0 Å². The van der Waals surface area contributed by atoms with Crippen LogP contribution in [-0.4, -0.2) is 48.1 Å². The number of nitrogens with one attached hydrogen (secondary N) is 1. The Morgan fingerprint density at radius 2 is 1.72 bits per heavy atom. The predicted octanol–water partition coefficient (Wildman–Crippen LogP) is 4.42. The van der Waals surface area contributed by atoms with Crippen molar-refractivity contribution >= 4 is 40.5 Å². The topological polar surface area (TPSA) is 84.9 Å². The Labute approximate surface area is 201 Å². The first-order valence-corrected chi connectivity index (χ1v) is 11.6. The summed E-state index contributed by atoms with van der Waals surface area (Å²) in [5.41, 5.74) is 1.48. The van der Waals surface area contributed by atoms with Crippen molar-refractivity contribution in [3.8, 4) is 5.75 Å². The highest BCUT2D eigenvalue weighted by atomic mass is 127. The summed E-state index contributed by atoms with van der Waals surface area (Å²) in [5, 5.41) is 2.75. The van der Waals surface area contributed by atoms with Crippen molar-refractivity contribution < 1.29 is 23.9 Å². The van der Waals surface area contributed by atoms with Crippen LogP contribution in [-0.2, 0) is 11.2 Å². The molecule has 0 aliphatic carbocycles. The average molecular weight is 550 g/mol. The van der Waals surface area contributed by atoms with Gasteiger partial charge in [0.05, 0.1) is 21.3 Å². The van der Waals surface area contributed by atoms with Gasteiger partial charge < -0.3 is 14.8 Å². The summed E-state index contributed by atoms with van der Waals surface area (Å²) in [4.78, 5) is 37.8. The number of benzene rings is 2. The lowest BCUT2D eigenvalue weighted by Gasteiger charge is -2.19. The molecule has 0 spiro atoms. The zero-order chi connectivity index (χ0) is 23.3. The SMILES string of the molecule is CC(C)(C)OC(=O)NCCc1ccc(OCCCN2C(=O)c3ccccc3C2=O)c(I)c1. The van der Waals surface area contributed by atoms with Crippen molar-refractivity contribution in [3.05, 3.63) is 62.7 Å². The number of amides is 3. The molecule has 2 aromatic rings. The molecule has 0 fully saturated rings. The fourth-order valence-corrected chi connectivity index (χ4v) is 4.02. The first-order chi connectivity index (χ1) is 15.2. The largest absolute Gasteiger partial charge is 0.492 e. The maximum absolute atomic E-state index is 12.4. The standard InChI is InChI=1S/C24H27IN2O5/c1-24(2,3)32-23(30)26-12-11-16-9-10-20(19(25)15-16)31-14-6-13-27-21(28)17-7-4-5-8-18(17)22(27)29/h4-5,7-10,15H,6,11-14H2,1-3H3,(H,26,30). The minimum atomic E-state index is -0.516. The van der Waals surface area contributed by atoms with Gasteiger partial charge >= 0.3 is 6.09 Å². The van der Waals surface area contributed by atoms with Crippen LogP contribution in [0.1, 0.15) is 53.5 Å². The minimum Gasteiger partial charge on any atom is -0.492 e. The van der Waals surface area contributed by atoms with Crippen LogP contribution in [0.25, 0.3) is 0 Å². The van der Waals surface area contributed by atoms with Crippen molar-refractivity contribution in [2.45, 2.75) is 39.2 Å². The molecule has 1 heterocycles. The molecule has 1 N–H and O–H groups in total. The molecule has 0 saturated heterocycles. The van der Waals surface area contributed by atoms with Gasteiger partial charge in [-0.1, -0.05) is 18.2 Å². The van der Waals surface area contributed by atoms with Gasteiger partial charge in [-0.3, -0.25) is 14.5 Å². The van der Waals surface area contributed by atoms with E-state index in [9.17, 15) is 14.4 Å². The Bertz CT molecular complexity index is 981. The fraction of sp³-hybridized carbons (Fsp3) is 0.375. The minimum absolute atomic E-state index is 0.246. The molecular weight excluding hydrogens is 523 g/mol. The molecule has 0 saturated carbocycles. The van der Waals surface area contributed by atoms with Gasteiger partial charge in [0.1, 0.15) is 11.4 Å². The van der Waals surface area contributed by atoms with Crippen LogP contribution in [0, 0.1) is 3.57 Å². The molecule has 0 radical (unpaired) electrons. The van der Waals surface area contributed by atoms with E-state index in [1.54, 1.807) is 24.3 Å². The summed E-state index contributed by atoms with van der Waals surface area (Å²) in [7, 11) is 0. The number of imide groups is 1. The summed E-state index contributed by atoms with van der Waals surface area (Å²) in [6, 6.07) is 12.7. The number of hydrogen-bond acceptors (Lipinski definition) is 5. The van der Waals surface area contributed by atoms with Crippen molar-refractivity contribution in [3.63, 3.8) is 0 Å². The molecule has 0 unspecified atom stereocenters. The van der Waals surface area contributed by atoms with Crippen LogP contribution in [0.2, 0.25) is 0 Å². The summed E-state index contributed by atoms with van der Waals surface area (Å²) in [5.74, 6) is 0.255. The monoisotopic (exact) mass is 550 g/mol. The van der Waals surface area contributed by atoms with E-state index in [0.29, 0.717) is 43.7 Å². The number of carbonyl (C=O) groups excluding carboxylic acids is 3. The maximum Gasteiger partial charge on any atom is 0.407 e. The quantitative estimate of drug-likeness (QED) is 0.299. The number of alkyl carbamates (subject to hydrolysis) is 1. The van der Waals surface area contributed by atoms with E-state index >= 15 is 0 Å². The zero-order valence-electron chi connectivity index (χ0n) is 18.4. The molecule has 8 heteroatoms. The second-order valence-corrected chi connectivity index (χ2v) is 9.62. The van der Waals surface area contributed by atoms with E-state index < -0.39 is 11.7 Å². The number of rotatable bonds is 8. The van der Waals surface area contributed by atoms with E-state index in [-0.39, 0.29) is 11.8 Å². The fourth-order valence-electron chi connectivity index (χ4n) is 3.29. The molecule has 3 amide bonds. The first kappa shape index (κ1) is 24.0. The Hall–Kier alpha value is -2.62. The van der Waals surface area contributed by atoms with Gasteiger partial charge in [-0.15, -0.1) is 0 Å². The highest BCUT2D eigenvalue weighted by Crippen LogP contribution is 2.24. The van der Waals surface area contributed by atoms with Gasteiger partial charge in [-0.05, 0) is 86.0 Å². The van der Waals surface area contributed by atoms with Crippen LogP contribution >= 0.6 is 22.6 Å². The van der Waals surface area contributed by atoms with Crippen LogP contribution < -0.4 is 10.1 Å². The number of nitrogens with zero attached hydrogens (tertiary/aromatic N) is 1. The normalized spacial score (nSPS) is 13.2. The van der Waals surface area contributed by atoms with Crippen molar-refractivity contribution in [2.75, 3.05) is 19.7 Å². The van der Waals surface area contributed by atoms with Crippen LogP contribution in [0.3, 0.4) is 0 Å². The summed E-state index contributed by atoms with van der Waals surface area (Å²) >= 11 is 2.21. The lowest BCUT2D eigenvalue weighted by atomic mass is 10.1. The van der Waals surface area contributed by atoms with Gasteiger partial charge in [-0.25, -0.2) is 4.79 Å². The molecule has 0 atom stereocenters. The van der Waals surface area contributed by atoms with Crippen molar-refractivity contribution in [1.82, 2.24) is 10.2 Å². The Morgan fingerprint density at radius 3 is 2.31 bits per heavy atom. The number of hydrogen-bond donors (Lipinski definition) is 1. The molecule has 170 valence electrons. The molecule has 32 heavy (non-hydrogen) atoms. The highest BCUT2D eigenvalue weighted by molar-refractivity contribution is 14.1. The van der Waals surface area contributed by atoms with Crippen LogP contribution in [0.4, 0.5) is 4.79 Å².